The lowest BCUT2D eigenvalue weighted by Crippen LogP contribution is -2.15. The van der Waals surface area contributed by atoms with E-state index in [1.165, 1.54) is 0 Å². The van der Waals surface area contributed by atoms with E-state index < -0.39 is 10.0 Å². The van der Waals surface area contributed by atoms with Gasteiger partial charge in [-0.2, -0.15) is 5.21 Å². The monoisotopic (exact) mass is 343 g/mol. The highest BCUT2D eigenvalue weighted by Gasteiger charge is 2.22. The minimum Gasteiger partial charge on any atom is -0.225 e. The van der Waals surface area contributed by atoms with Gasteiger partial charge >= 0.3 is 0 Å². The van der Waals surface area contributed by atoms with E-state index in [9.17, 15) is 8.42 Å². The summed E-state index contributed by atoms with van der Waals surface area (Å²) in [7, 11) is -3.88. The van der Waals surface area contributed by atoms with E-state index in [1.807, 2.05) is 0 Å². The van der Waals surface area contributed by atoms with E-state index in [4.69, 9.17) is 5.14 Å². The molecule has 2 aromatic rings. The van der Waals surface area contributed by atoms with Gasteiger partial charge in [0.25, 0.3) is 0 Å². The Morgan fingerprint density at radius 2 is 2.21 bits per heavy atom. The topological polar surface area (TPSA) is 115 Å². The smallest absolute Gasteiger partial charge is 0.225 e. The molecule has 0 fully saturated rings. The second-order valence-electron chi connectivity index (χ2n) is 3.69. The van der Waals surface area contributed by atoms with Gasteiger partial charge in [-0.1, -0.05) is 12.1 Å². The molecule has 0 amide bonds. The van der Waals surface area contributed by atoms with Crippen molar-refractivity contribution in [3.05, 3.63) is 34.8 Å². The van der Waals surface area contributed by atoms with Gasteiger partial charge in [-0.15, -0.1) is 16.8 Å². The van der Waals surface area contributed by atoms with Crippen molar-refractivity contribution in [2.45, 2.75) is 11.3 Å². The molecule has 1 aromatic heterocycles. The van der Waals surface area contributed by atoms with Gasteiger partial charge < -0.3 is 0 Å². The quantitative estimate of drug-likeness (QED) is 0.803. The van der Waals surface area contributed by atoms with Crippen LogP contribution < -0.4 is 5.14 Å². The molecule has 0 bridgehead atoms. The molecule has 1 heterocycles. The van der Waals surface area contributed by atoms with E-state index in [0.29, 0.717) is 22.0 Å². The fourth-order valence-electron chi connectivity index (χ4n) is 1.67. The molecule has 0 aliphatic carbocycles. The molecule has 0 aliphatic heterocycles. The third kappa shape index (κ3) is 2.72. The lowest BCUT2D eigenvalue weighted by molar-refractivity contribution is 0.596. The summed E-state index contributed by atoms with van der Waals surface area (Å²) in [6.45, 7) is 3.59. The molecule has 9 heteroatoms. The summed E-state index contributed by atoms with van der Waals surface area (Å²) in [4.78, 5) is 0.00898. The van der Waals surface area contributed by atoms with Crippen LogP contribution in [-0.2, 0) is 16.4 Å². The van der Waals surface area contributed by atoms with E-state index >= 15 is 0 Å². The van der Waals surface area contributed by atoms with Crippen LogP contribution in [0.1, 0.15) is 5.56 Å². The summed E-state index contributed by atoms with van der Waals surface area (Å²) < 4.78 is 23.8. The maximum Gasteiger partial charge on any atom is 0.239 e. The average Bonchev–Trinajstić information content (AvgIpc) is 2.81. The second-order valence-corrected chi connectivity index (χ2v) is 5.98. The van der Waals surface area contributed by atoms with Crippen LogP contribution >= 0.6 is 15.9 Å². The van der Waals surface area contributed by atoms with E-state index in [0.717, 1.165) is 0 Å². The summed E-state index contributed by atoms with van der Waals surface area (Å²) in [5.74, 6) is 0.280. The lowest BCUT2D eigenvalue weighted by Gasteiger charge is -2.10. The van der Waals surface area contributed by atoms with Gasteiger partial charge in [-0.3, -0.25) is 0 Å². The van der Waals surface area contributed by atoms with Crippen molar-refractivity contribution in [2.75, 3.05) is 0 Å². The molecule has 0 spiro atoms. The minimum atomic E-state index is -3.88. The highest BCUT2D eigenvalue weighted by atomic mass is 79.9. The molecule has 19 heavy (non-hydrogen) atoms. The molecule has 1 aromatic carbocycles. The predicted molar refractivity (Wildman–Crippen MR) is 72.6 cm³/mol. The number of nitrogens with one attached hydrogen (secondary N) is 1. The Balaban J connectivity index is 2.73. The number of hydrogen-bond donors (Lipinski definition) is 2. The number of tetrazole rings is 1. The zero-order chi connectivity index (χ0) is 14.0. The van der Waals surface area contributed by atoms with Gasteiger partial charge in [0.2, 0.25) is 15.8 Å². The molecular weight excluding hydrogens is 334 g/mol. The first-order chi connectivity index (χ1) is 8.95. The van der Waals surface area contributed by atoms with Crippen LogP contribution in [0.3, 0.4) is 0 Å². The number of hydrogen-bond acceptors (Lipinski definition) is 5. The Labute approximate surface area is 118 Å². The van der Waals surface area contributed by atoms with Gasteiger partial charge in [-0.05, 0) is 39.2 Å². The lowest BCUT2D eigenvalue weighted by atomic mass is 10.1. The Morgan fingerprint density at radius 1 is 1.47 bits per heavy atom. The third-order valence-electron chi connectivity index (χ3n) is 2.41. The first kappa shape index (κ1) is 13.8. The molecule has 100 valence electrons. The Morgan fingerprint density at radius 3 is 2.74 bits per heavy atom. The van der Waals surface area contributed by atoms with Crippen LogP contribution in [0.15, 0.2) is 34.2 Å². The third-order valence-corrected chi connectivity index (χ3v) is 4.54. The van der Waals surface area contributed by atoms with Gasteiger partial charge in [0.15, 0.2) is 0 Å². The number of aromatic nitrogens is 4. The summed E-state index contributed by atoms with van der Waals surface area (Å²) >= 11 is 3.24. The molecule has 3 N–H and O–H groups in total. The maximum absolute atomic E-state index is 11.7. The summed E-state index contributed by atoms with van der Waals surface area (Å²) in [5, 5.41) is 18.6. The van der Waals surface area contributed by atoms with Crippen molar-refractivity contribution in [3.8, 4) is 11.4 Å². The summed E-state index contributed by atoms with van der Waals surface area (Å²) in [6, 6.07) is 3.35. The zero-order valence-electron chi connectivity index (χ0n) is 9.67. The molecule has 0 radical (unpaired) electrons. The van der Waals surface area contributed by atoms with E-state index in [2.05, 4.69) is 43.1 Å². The Hall–Kier alpha value is -1.58. The van der Waals surface area contributed by atoms with Crippen LogP contribution in [0.2, 0.25) is 0 Å². The number of benzene rings is 1. The molecule has 0 saturated heterocycles. The van der Waals surface area contributed by atoms with E-state index in [1.54, 1.807) is 18.2 Å². The molecule has 0 atom stereocenters. The standard InChI is InChI=1S/C10H10BrN5O2S/c1-2-3-6-4-5-7(10-13-15-16-14-10)8(11)9(6)19(12,17)18/h2,4-5H,1,3H2,(H2,12,17,18)(H,13,14,15,16). The SMILES string of the molecule is C=CCc1ccc(-c2nn[nH]n2)c(Br)c1S(N)(=O)=O. The number of nitrogens with zero attached hydrogens (tertiary/aromatic N) is 3. The van der Waals surface area contributed by atoms with E-state index in [-0.39, 0.29) is 10.7 Å². The second kappa shape index (κ2) is 5.19. The Kier molecular flexibility index (Phi) is 3.78. The number of halogens is 1. The van der Waals surface area contributed by atoms with Crippen LogP contribution in [0.5, 0.6) is 0 Å². The average molecular weight is 344 g/mol. The fraction of sp³-hybridized carbons (Fsp3) is 0.100. The highest BCUT2D eigenvalue weighted by Crippen LogP contribution is 2.33. The first-order valence-corrected chi connectivity index (χ1v) is 7.48. The van der Waals surface area contributed by atoms with Crippen molar-refractivity contribution in [3.63, 3.8) is 0 Å². The molecular formula is C10H10BrN5O2S. The normalized spacial score (nSPS) is 11.5. The number of H-pyrrole nitrogens is 1. The molecule has 2 rings (SSSR count). The van der Waals surface area contributed by atoms with Crippen LogP contribution in [-0.4, -0.2) is 29.0 Å². The molecule has 0 saturated carbocycles. The van der Waals surface area contributed by atoms with Gasteiger partial charge in [0.05, 0.1) is 0 Å². The maximum atomic E-state index is 11.7. The van der Waals surface area contributed by atoms with Crippen molar-refractivity contribution >= 4 is 26.0 Å². The largest absolute Gasteiger partial charge is 0.239 e. The summed E-state index contributed by atoms with van der Waals surface area (Å²) in [5.41, 5.74) is 1.04. The van der Waals surface area contributed by atoms with Crippen molar-refractivity contribution in [1.29, 1.82) is 0 Å². The van der Waals surface area contributed by atoms with Crippen LogP contribution in [0.25, 0.3) is 11.4 Å². The zero-order valence-corrected chi connectivity index (χ0v) is 12.1. The van der Waals surface area contributed by atoms with Crippen molar-refractivity contribution in [1.82, 2.24) is 20.6 Å². The molecule has 0 aliphatic rings. The molecule has 0 unspecified atom stereocenters. The minimum absolute atomic E-state index is 0.00898. The number of allylic oxidation sites excluding steroid dienone is 1. The van der Waals surface area contributed by atoms with Crippen LogP contribution in [0, 0.1) is 0 Å². The van der Waals surface area contributed by atoms with Crippen molar-refractivity contribution < 1.29 is 8.42 Å². The fourth-order valence-corrected chi connectivity index (χ4v) is 3.79. The Bertz CT molecular complexity index is 712. The van der Waals surface area contributed by atoms with Crippen molar-refractivity contribution in [2.24, 2.45) is 5.14 Å². The molecule has 7 nitrogen and oxygen atoms in total. The summed E-state index contributed by atoms with van der Waals surface area (Å²) in [6.07, 6.45) is 1.99. The first-order valence-electron chi connectivity index (χ1n) is 5.14. The van der Waals surface area contributed by atoms with Gasteiger partial charge in [0.1, 0.15) is 4.90 Å². The number of nitrogens with two attached hydrogens (primary N) is 1. The number of rotatable bonds is 4. The van der Waals surface area contributed by atoms with Gasteiger partial charge in [-0.25, -0.2) is 13.6 Å². The number of sulfonamides is 1. The number of aromatic amines is 1. The predicted octanol–water partition coefficient (Wildman–Crippen LogP) is 1.01. The highest BCUT2D eigenvalue weighted by molar-refractivity contribution is 9.10. The number of primary sulfonamides is 1. The van der Waals surface area contributed by atoms with Crippen LogP contribution in [0.4, 0.5) is 0 Å². The van der Waals surface area contributed by atoms with Gasteiger partial charge in [0, 0.05) is 10.0 Å².